The number of carbonyl (C=O) groups excluding carboxylic acids is 1. The first-order chi connectivity index (χ1) is 8.29. The summed E-state index contributed by atoms with van der Waals surface area (Å²) in [5, 5.41) is 0.706. The summed E-state index contributed by atoms with van der Waals surface area (Å²) in [7, 11) is 1.63. The minimum absolute atomic E-state index is 0.226. The number of ketones is 1. The Morgan fingerprint density at radius 2 is 1.94 bits per heavy atom. The van der Waals surface area contributed by atoms with Gasteiger partial charge >= 0.3 is 0 Å². The van der Waals surface area contributed by atoms with Gasteiger partial charge in [0, 0.05) is 10.8 Å². The number of thioether (sulfide) groups is 1. The summed E-state index contributed by atoms with van der Waals surface area (Å²) in [4.78, 5) is 11.9. The molecule has 1 aromatic carbocycles. The molecule has 0 bridgehead atoms. The maximum Gasteiger partial charge on any atom is 0.172 e. The van der Waals surface area contributed by atoms with Crippen LogP contribution < -0.4 is 4.74 Å². The van der Waals surface area contributed by atoms with Crippen LogP contribution in [0, 0.1) is 0 Å². The van der Waals surface area contributed by atoms with Gasteiger partial charge in [0.1, 0.15) is 5.75 Å². The molecular formula is C14H18O2S. The van der Waals surface area contributed by atoms with Gasteiger partial charge in [0.05, 0.1) is 12.9 Å². The number of rotatable bonds is 5. The molecule has 0 saturated heterocycles. The number of hydrogen-bond donors (Lipinski definition) is 0. The van der Waals surface area contributed by atoms with E-state index >= 15 is 0 Å². The van der Waals surface area contributed by atoms with Crippen LogP contribution in [0.15, 0.2) is 24.3 Å². The van der Waals surface area contributed by atoms with Gasteiger partial charge in [-0.15, -0.1) is 0 Å². The molecule has 0 amide bonds. The average Bonchev–Trinajstić information content (AvgIpc) is 2.89. The maximum atomic E-state index is 11.9. The van der Waals surface area contributed by atoms with E-state index in [1.54, 1.807) is 7.11 Å². The molecule has 17 heavy (non-hydrogen) atoms. The highest BCUT2D eigenvalue weighted by Crippen LogP contribution is 2.29. The zero-order valence-corrected chi connectivity index (χ0v) is 11.0. The Labute approximate surface area is 107 Å². The van der Waals surface area contributed by atoms with Gasteiger partial charge < -0.3 is 4.74 Å². The van der Waals surface area contributed by atoms with Crippen LogP contribution in [0.25, 0.3) is 0 Å². The first-order valence-corrected chi connectivity index (χ1v) is 7.13. The molecule has 0 aromatic heterocycles. The fourth-order valence-corrected chi connectivity index (χ4v) is 3.33. The summed E-state index contributed by atoms with van der Waals surface area (Å²) in [6.45, 7) is 0. The lowest BCUT2D eigenvalue weighted by Gasteiger charge is -2.08. The smallest absolute Gasteiger partial charge is 0.172 e. The van der Waals surface area contributed by atoms with E-state index in [1.807, 2.05) is 36.0 Å². The van der Waals surface area contributed by atoms with Gasteiger partial charge in [-0.1, -0.05) is 12.8 Å². The molecule has 0 atom stereocenters. The Morgan fingerprint density at radius 1 is 1.29 bits per heavy atom. The van der Waals surface area contributed by atoms with Gasteiger partial charge in [0.25, 0.3) is 0 Å². The summed E-state index contributed by atoms with van der Waals surface area (Å²) in [6.07, 6.45) is 5.21. The van der Waals surface area contributed by atoms with E-state index in [1.165, 1.54) is 25.7 Å². The zero-order chi connectivity index (χ0) is 12.1. The van der Waals surface area contributed by atoms with Crippen molar-refractivity contribution in [2.75, 3.05) is 12.9 Å². The van der Waals surface area contributed by atoms with Crippen LogP contribution in [0.3, 0.4) is 0 Å². The van der Waals surface area contributed by atoms with Crippen molar-refractivity contribution in [2.24, 2.45) is 0 Å². The van der Waals surface area contributed by atoms with Crippen LogP contribution in [0.2, 0.25) is 0 Å². The molecule has 1 fully saturated rings. The summed E-state index contributed by atoms with van der Waals surface area (Å²) in [5.41, 5.74) is 0.788. The lowest BCUT2D eigenvalue weighted by Crippen LogP contribution is -2.06. The number of benzene rings is 1. The van der Waals surface area contributed by atoms with Crippen molar-refractivity contribution in [2.45, 2.75) is 30.9 Å². The van der Waals surface area contributed by atoms with Crippen molar-refractivity contribution in [3.8, 4) is 5.75 Å². The summed E-state index contributed by atoms with van der Waals surface area (Å²) < 4.78 is 5.07. The average molecular weight is 250 g/mol. The third-order valence-electron chi connectivity index (χ3n) is 3.16. The highest BCUT2D eigenvalue weighted by Gasteiger charge is 2.17. The fraction of sp³-hybridized carbons (Fsp3) is 0.500. The largest absolute Gasteiger partial charge is 0.497 e. The van der Waals surface area contributed by atoms with Crippen LogP contribution in [0.1, 0.15) is 36.0 Å². The van der Waals surface area contributed by atoms with Crippen molar-refractivity contribution in [1.82, 2.24) is 0 Å². The third kappa shape index (κ3) is 3.50. The molecule has 1 aliphatic carbocycles. The van der Waals surface area contributed by atoms with Gasteiger partial charge in [-0.2, -0.15) is 11.8 Å². The van der Waals surface area contributed by atoms with Crippen LogP contribution in [0.4, 0.5) is 0 Å². The number of carbonyl (C=O) groups is 1. The number of Topliss-reactive ketones (excluding diaryl/α,β-unsaturated/α-hetero) is 1. The molecule has 92 valence electrons. The lowest BCUT2D eigenvalue weighted by atomic mass is 10.1. The number of hydrogen-bond acceptors (Lipinski definition) is 3. The van der Waals surface area contributed by atoms with E-state index in [2.05, 4.69) is 0 Å². The predicted octanol–water partition coefficient (Wildman–Crippen LogP) is 3.55. The monoisotopic (exact) mass is 250 g/mol. The SMILES string of the molecule is COc1ccc(C(=O)CSC2CCCC2)cc1. The first kappa shape index (κ1) is 12.5. The first-order valence-electron chi connectivity index (χ1n) is 6.08. The van der Waals surface area contributed by atoms with E-state index in [-0.39, 0.29) is 5.78 Å². The van der Waals surface area contributed by atoms with E-state index in [4.69, 9.17) is 4.74 Å². The second-order valence-corrected chi connectivity index (χ2v) is 5.66. The maximum absolute atomic E-state index is 11.9. The molecule has 1 saturated carbocycles. The van der Waals surface area contributed by atoms with Crippen molar-refractivity contribution in [3.63, 3.8) is 0 Å². The van der Waals surface area contributed by atoms with E-state index in [0.29, 0.717) is 11.0 Å². The fourth-order valence-electron chi connectivity index (χ4n) is 2.11. The van der Waals surface area contributed by atoms with Crippen LogP contribution in [0.5, 0.6) is 5.75 Å². The molecule has 2 rings (SSSR count). The molecule has 0 heterocycles. The quantitative estimate of drug-likeness (QED) is 0.747. The minimum Gasteiger partial charge on any atom is -0.497 e. The van der Waals surface area contributed by atoms with Crippen molar-refractivity contribution in [1.29, 1.82) is 0 Å². The summed E-state index contributed by atoms with van der Waals surface area (Å²) in [6, 6.07) is 7.37. The normalized spacial score (nSPS) is 16.1. The van der Waals surface area contributed by atoms with Crippen molar-refractivity contribution >= 4 is 17.5 Å². The van der Waals surface area contributed by atoms with E-state index in [9.17, 15) is 4.79 Å². The standard InChI is InChI=1S/C14H18O2S/c1-16-12-8-6-11(7-9-12)14(15)10-17-13-4-2-3-5-13/h6-9,13H,2-5,10H2,1H3. The minimum atomic E-state index is 0.226. The zero-order valence-electron chi connectivity index (χ0n) is 10.1. The van der Waals surface area contributed by atoms with Crippen LogP contribution >= 0.6 is 11.8 Å². The van der Waals surface area contributed by atoms with Gasteiger partial charge in [0.15, 0.2) is 5.78 Å². The molecule has 1 aromatic rings. The number of methoxy groups -OCH3 is 1. The van der Waals surface area contributed by atoms with E-state index < -0.39 is 0 Å². The Morgan fingerprint density at radius 3 is 2.53 bits per heavy atom. The van der Waals surface area contributed by atoms with Gasteiger partial charge in [-0.05, 0) is 37.1 Å². The highest BCUT2D eigenvalue weighted by molar-refractivity contribution is 8.00. The van der Waals surface area contributed by atoms with Crippen molar-refractivity contribution < 1.29 is 9.53 Å². The Hall–Kier alpha value is -0.960. The second-order valence-electron chi connectivity index (χ2n) is 4.37. The summed E-state index contributed by atoms with van der Waals surface area (Å²) >= 11 is 1.82. The molecule has 0 spiro atoms. The third-order valence-corrected chi connectivity index (χ3v) is 4.54. The predicted molar refractivity (Wildman–Crippen MR) is 72.0 cm³/mol. The second kappa shape index (κ2) is 6.10. The topological polar surface area (TPSA) is 26.3 Å². The van der Waals surface area contributed by atoms with Crippen molar-refractivity contribution in [3.05, 3.63) is 29.8 Å². The molecule has 0 N–H and O–H groups in total. The van der Waals surface area contributed by atoms with Crippen LogP contribution in [-0.2, 0) is 0 Å². The number of ether oxygens (including phenoxy) is 1. The molecule has 0 unspecified atom stereocenters. The highest BCUT2D eigenvalue weighted by atomic mass is 32.2. The van der Waals surface area contributed by atoms with Gasteiger partial charge in [0.2, 0.25) is 0 Å². The summed E-state index contributed by atoms with van der Waals surface area (Å²) in [5.74, 6) is 1.63. The Kier molecular flexibility index (Phi) is 4.49. The van der Waals surface area contributed by atoms with E-state index in [0.717, 1.165) is 11.3 Å². The molecule has 2 nitrogen and oxygen atoms in total. The lowest BCUT2D eigenvalue weighted by molar-refractivity contribution is 0.102. The Balaban J connectivity index is 1.85. The molecule has 0 radical (unpaired) electrons. The van der Waals surface area contributed by atoms with Crippen LogP contribution in [-0.4, -0.2) is 23.9 Å². The van der Waals surface area contributed by atoms with Gasteiger partial charge in [-0.25, -0.2) is 0 Å². The Bertz CT molecular complexity index is 366. The molecular weight excluding hydrogens is 232 g/mol. The van der Waals surface area contributed by atoms with Gasteiger partial charge in [-0.3, -0.25) is 4.79 Å². The molecule has 1 aliphatic rings. The molecule has 0 aliphatic heterocycles. The molecule has 3 heteroatoms.